The summed E-state index contributed by atoms with van der Waals surface area (Å²) in [6.45, 7) is 13.2. The van der Waals surface area contributed by atoms with Gasteiger partial charge in [0.2, 0.25) is 0 Å². The van der Waals surface area contributed by atoms with E-state index in [1.807, 2.05) is 19.1 Å². The number of aryl methyl sites for hydroxylation is 1. The summed E-state index contributed by atoms with van der Waals surface area (Å²) in [5.41, 5.74) is 2.57. The van der Waals surface area contributed by atoms with Crippen LogP contribution in [0.25, 0.3) is 0 Å². The predicted molar refractivity (Wildman–Crippen MR) is 78.9 cm³/mol. The Labute approximate surface area is 116 Å². The molecule has 3 heteroatoms. The Kier molecular flexibility index (Phi) is 5.48. The highest BCUT2D eigenvalue weighted by Crippen LogP contribution is 2.34. The van der Waals surface area contributed by atoms with Crippen molar-refractivity contribution in [2.45, 2.75) is 40.0 Å². The Morgan fingerprint density at radius 1 is 1.28 bits per heavy atom. The standard InChI is InChI=1S/C15H24ClNO/c1-6-17-10-15(4,5)12-9-13(16)14(18-7-2)8-11(12)3/h8-9,17H,6-7,10H2,1-5H3. The largest absolute Gasteiger partial charge is 0.492 e. The summed E-state index contributed by atoms with van der Waals surface area (Å²) < 4.78 is 5.52. The number of likely N-dealkylation sites (N-methyl/N-ethyl adjacent to an activating group) is 1. The molecule has 1 aromatic carbocycles. The lowest BCUT2D eigenvalue weighted by molar-refractivity contribution is 0.339. The van der Waals surface area contributed by atoms with Gasteiger partial charge in [0.1, 0.15) is 5.75 Å². The van der Waals surface area contributed by atoms with Gasteiger partial charge in [-0.1, -0.05) is 32.4 Å². The Morgan fingerprint density at radius 3 is 2.50 bits per heavy atom. The number of nitrogens with one attached hydrogen (secondary N) is 1. The molecule has 0 heterocycles. The summed E-state index contributed by atoms with van der Waals surface area (Å²) in [6.07, 6.45) is 0. The maximum atomic E-state index is 6.27. The number of rotatable bonds is 6. The zero-order chi connectivity index (χ0) is 13.8. The molecule has 0 saturated carbocycles. The molecule has 0 unspecified atom stereocenters. The second-order valence-corrected chi connectivity index (χ2v) is 5.60. The highest BCUT2D eigenvalue weighted by molar-refractivity contribution is 6.32. The minimum atomic E-state index is 0.0640. The summed E-state index contributed by atoms with van der Waals surface area (Å²) in [7, 11) is 0. The zero-order valence-corrected chi connectivity index (χ0v) is 12.8. The molecule has 0 saturated heterocycles. The summed E-state index contributed by atoms with van der Waals surface area (Å²) in [5.74, 6) is 0.777. The van der Waals surface area contributed by atoms with E-state index in [2.05, 4.69) is 33.0 Å². The van der Waals surface area contributed by atoms with Crippen LogP contribution in [0.1, 0.15) is 38.8 Å². The minimum absolute atomic E-state index is 0.0640. The van der Waals surface area contributed by atoms with Gasteiger partial charge < -0.3 is 10.1 Å². The molecular weight excluding hydrogens is 246 g/mol. The van der Waals surface area contributed by atoms with Crippen LogP contribution < -0.4 is 10.1 Å². The first-order valence-electron chi connectivity index (χ1n) is 6.56. The van der Waals surface area contributed by atoms with Gasteiger partial charge in [0.25, 0.3) is 0 Å². The minimum Gasteiger partial charge on any atom is -0.492 e. The Bertz CT molecular complexity index is 402. The number of ether oxygens (including phenoxy) is 1. The number of benzene rings is 1. The van der Waals surface area contributed by atoms with E-state index in [1.165, 1.54) is 11.1 Å². The normalized spacial score (nSPS) is 11.7. The molecule has 0 spiro atoms. The summed E-state index contributed by atoms with van der Waals surface area (Å²) in [6, 6.07) is 4.08. The van der Waals surface area contributed by atoms with Gasteiger partial charge in [0.05, 0.1) is 11.6 Å². The Morgan fingerprint density at radius 2 is 1.94 bits per heavy atom. The van der Waals surface area contributed by atoms with Crippen molar-refractivity contribution >= 4 is 11.6 Å². The van der Waals surface area contributed by atoms with Gasteiger partial charge in [-0.05, 0) is 43.7 Å². The lowest BCUT2D eigenvalue weighted by Gasteiger charge is -2.28. The average molecular weight is 270 g/mol. The number of halogens is 1. The van der Waals surface area contributed by atoms with Gasteiger partial charge in [-0.15, -0.1) is 0 Å². The summed E-state index contributed by atoms with van der Waals surface area (Å²) in [5, 5.41) is 4.10. The molecule has 1 rings (SSSR count). The van der Waals surface area contributed by atoms with E-state index in [0.717, 1.165) is 18.8 Å². The zero-order valence-electron chi connectivity index (χ0n) is 12.1. The molecule has 0 bridgehead atoms. The molecule has 2 nitrogen and oxygen atoms in total. The van der Waals surface area contributed by atoms with Crippen LogP contribution in [-0.2, 0) is 5.41 Å². The van der Waals surface area contributed by atoms with Gasteiger partial charge in [0.15, 0.2) is 0 Å². The molecule has 0 aliphatic carbocycles. The van der Waals surface area contributed by atoms with Crippen LogP contribution in [0.4, 0.5) is 0 Å². The second-order valence-electron chi connectivity index (χ2n) is 5.19. The van der Waals surface area contributed by atoms with Gasteiger partial charge >= 0.3 is 0 Å². The quantitative estimate of drug-likeness (QED) is 0.845. The molecule has 0 aliphatic heterocycles. The Hall–Kier alpha value is -0.730. The highest BCUT2D eigenvalue weighted by Gasteiger charge is 2.23. The first-order chi connectivity index (χ1) is 8.42. The van der Waals surface area contributed by atoms with Crippen LogP contribution in [0, 0.1) is 6.92 Å². The van der Waals surface area contributed by atoms with Crippen LogP contribution >= 0.6 is 11.6 Å². The van der Waals surface area contributed by atoms with Gasteiger partial charge in [-0.2, -0.15) is 0 Å². The third kappa shape index (κ3) is 3.63. The second kappa shape index (κ2) is 6.44. The lowest BCUT2D eigenvalue weighted by atomic mass is 9.82. The molecule has 0 aromatic heterocycles. The van der Waals surface area contributed by atoms with E-state index in [1.54, 1.807) is 0 Å². The first kappa shape index (κ1) is 15.3. The topological polar surface area (TPSA) is 21.3 Å². The maximum Gasteiger partial charge on any atom is 0.138 e. The third-order valence-corrected chi connectivity index (χ3v) is 3.42. The molecule has 102 valence electrons. The molecule has 0 aliphatic rings. The van der Waals surface area contributed by atoms with Crippen LogP contribution in [0.2, 0.25) is 5.02 Å². The molecule has 0 atom stereocenters. The average Bonchev–Trinajstić information content (AvgIpc) is 2.31. The van der Waals surface area contributed by atoms with E-state index in [0.29, 0.717) is 11.6 Å². The van der Waals surface area contributed by atoms with Crippen molar-refractivity contribution in [1.29, 1.82) is 0 Å². The van der Waals surface area contributed by atoms with Crippen molar-refractivity contribution in [3.8, 4) is 5.75 Å². The van der Waals surface area contributed by atoms with Crippen molar-refractivity contribution in [3.05, 3.63) is 28.3 Å². The predicted octanol–water partition coefficient (Wildman–Crippen LogP) is 3.93. The smallest absolute Gasteiger partial charge is 0.138 e. The molecule has 0 amide bonds. The highest BCUT2D eigenvalue weighted by atomic mass is 35.5. The van der Waals surface area contributed by atoms with Crippen molar-refractivity contribution < 1.29 is 4.74 Å². The van der Waals surface area contributed by atoms with Crippen LogP contribution in [-0.4, -0.2) is 19.7 Å². The lowest BCUT2D eigenvalue weighted by Crippen LogP contribution is -2.33. The third-order valence-electron chi connectivity index (χ3n) is 3.12. The first-order valence-corrected chi connectivity index (χ1v) is 6.94. The number of hydrogen-bond donors (Lipinski definition) is 1. The van der Waals surface area contributed by atoms with Crippen molar-refractivity contribution in [2.24, 2.45) is 0 Å². The fourth-order valence-electron chi connectivity index (χ4n) is 2.18. The van der Waals surface area contributed by atoms with Gasteiger partial charge in [0, 0.05) is 12.0 Å². The van der Waals surface area contributed by atoms with E-state index in [-0.39, 0.29) is 5.41 Å². The molecule has 18 heavy (non-hydrogen) atoms. The molecule has 0 fully saturated rings. The molecule has 1 aromatic rings. The summed E-state index contributed by atoms with van der Waals surface area (Å²) in [4.78, 5) is 0. The monoisotopic (exact) mass is 269 g/mol. The van der Waals surface area contributed by atoms with Gasteiger partial charge in [-0.3, -0.25) is 0 Å². The van der Waals surface area contributed by atoms with Crippen molar-refractivity contribution in [3.63, 3.8) is 0 Å². The van der Waals surface area contributed by atoms with E-state index in [4.69, 9.17) is 16.3 Å². The van der Waals surface area contributed by atoms with E-state index >= 15 is 0 Å². The molecule has 0 radical (unpaired) electrons. The van der Waals surface area contributed by atoms with Crippen LogP contribution in [0.5, 0.6) is 5.75 Å². The Balaban J connectivity index is 3.06. The maximum absolute atomic E-state index is 6.27. The summed E-state index contributed by atoms with van der Waals surface area (Å²) >= 11 is 6.27. The van der Waals surface area contributed by atoms with Crippen LogP contribution in [0.3, 0.4) is 0 Å². The number of hydrogen-bond acceptors (Lipinski definition) is 2. The van der Waals surface area contributed by atoms with Crippen molar-refractivity contribution in [2.75, 3.05) is 19.7 Å². The fraction of sp³-hybridized carbons (Fsp3) is 0.600. The van der Waals surface area contributed by atoms with E-state index < -0.39 is 0 Å². The molecule has 1 N–H and O–H groups in total. The van der Waals surface area contributed by atoms with Crippen molar-refractivity contribution in [1.82, 2.24) is 5.32 Å². The fourth-order valence-corrected chi connectivity index (χ4v) is 2.40. The van der Waals surface area contributed by atoms with Crippen LogP contribution in [0.15, 0.2) is 12.1 Å². The van der Waals surface area contributed by atoms with E-state index in [9.17, 15) is 0 Å². The van der Waals surface area contributed by atoms with Gasteiger partial charge in [-0.25, -0.2) is 0 Å². The SMILES string of the molecule is CCNCC(C)(C)c1cc(Cl)c(OCC)cc1C. The molecular formula is C15H24ClNO.